The number of aromatic nitrogens is 3. The van der Waals surface area contributed by atoms with Gasteiger partial charge in [0.2, 0.25) is 0 Å². The van der Waals surface area contributed by atoms with E-state index in [4.69, 9.17) is 17.3 Å². The van der Waals surface area contributed by atoms with Crippen molar-refractivity contribution in [2.24, 2.45) is 0 Å². The first kappa shape index (κ1) is 10.1. The van der Waals surface area contributed by atoms with Crippen molar-refractivity contribution in [1.82, 2.24) is 14.6 Å². The molecule has 0 amide bonds. The lowest BCUT2D eigenvalue weighted by Crippen LogP contribution is -1.91. The molecule has 0 atom stereocenters. The van der Waals surface area contributed by atoms with Gasteiger partial charge in [-0.2, -0.15) is 0 Å². The van der Waals surface area contributed by atoms with Crippen molar-refractivity contribution in [1.29, 1.82) is 0 Å². The van der Waals surface area contributed by atoms with E-state index in [0.29, 0.717) is 10.7 Å². The molecule has 2 heterocycles. The summed E-state index contributed by atoms with van der Waals surface area (Å²) in [6.07, 6.45) is 1.91. The summed E-state index contributed by atoms with van der Waals surface area (Å²) < 4.78 is 1.90. The molecule has 1 aromatic carbocycles. The lowest BCUT2D eigenvalue weighted by atomic mass is 10.2. The summed E-state index contributed by atoms with van der Waals surface area (Å²) in [6.45, 7) is 0. The molecule has 0 aliphatic rings. The van der Waals surface area contributed by atoms with Gasteiger partial charge in [-0.25, -0.2) is 0 Å². The second kappa shape index (κ2) is 3.75. The van der Waals surface area contributed by atoms with Gasteiger partial charge >= 0.3 is 0 Å². The third-order valence-electron chi connectivity index (χ3n) is 2.57. The van der Waals surface area contributed by atoms with E-state index in [-0.39, 0.29) is 0 Å². The summed E-state index contributed by atoms with van der Waals surface area (Å²) in [5.74, 6) is 0.752. The Morgan fingerprint density at radius 1 is 1.12 bits per heavy atom. The molecule has 0 aliphatic carbocycles. The topological polar surface area (TPSA) is 56.2 Å². The summed E-state index contributed by atoms with van der Waals surface area (Å²) in [6, 6.07) is 11.2. The highest BCUT2D eigenvalue weighted by Crippen LogP contribution is 2.26. The van der Waals surface area contributed by atoms with E-state index in [2.05, 4.69) is 10.2 Å². The average Bonchev–Trinajstić information content (AvgIpc) is 2.76. The van der Waals surface area contributed by atoms with Gasteiger partial charge in [0, 0.05) is 11.8 Å². The van der Waals surface area contributed by atoms with Crippen molar-refractivity contribution in [3.05, 3.63) is 47.6 Å². The van der Waals surface area contributed by atoms with E-state index in [9.17, 15) is 0 Å². The molecule has 84 valence electrons. The Kier molecular flexibility index (Phi) is 2.23. The summed E-state index contributed by atoms with van der Waals surface area (Å²) in [4.78, 5) is 0. The second-order valence-electron chi connectivity index (χ2n) is 3.69. The third-order valence-corrected chi connectivity index (χ3v) is 2.90. The van der Waals surface area contributed by atoms with Crippen molar-refractivity contribution in [3.63, 3.8) is 0 Å². The van der Waals surface area contributed by atoms with Crippen LogP contribution < -0.4 is 5.73 Å². The van der Waals surface area contributed by atoms with Gasteiger partial charge in [-0.1, -0.05) is 17.7 Å². The zero-order valence-electron chi connectivity index (χ0n) is 8.84. The number of pyridine rings is 1. The minimum absolute atomic E-state index is 0.523. The fourth-order valence-corrected chi connectivity index (χ4v) is 1.89. The van der Waals surface area contributed by atoms with Crippen LogP contribution in [0, 0.1) is 0 Å². The largest absolute Gasteiger partial charge is 0.398 e. The Bertz CT molecular complexity index is 690. The Hall–Kier alpha value is -2.07. The first-order valence-electron chi connectivity index (χ1n) is 5.11. The number of nitrogens with zero attached hydrogens (tertiary/aromatic N) is 3. The number of fused-ring (bicyclic) bond motifs is 1. The van der Waals surface area contributed by atoms with Gasteiger partial charge in [-0.3, -0.25) is 4.40 Å². The molecule has 3 aromatic rings. The first-order valence-corrected chi connectivity index (χ1v) is 5.48. The van der Waals surface area contributed by atoms with Gasteiger partial charge in [-0.05, 0) is 30.3 Å². The van der Waals surface area contributed by atoms with Crippen molar-refractivity contribution in [3.8, 4) is 11.4 Å². The molecule has 3 rings (SSSR count). The maximum absolute atomic E-state index is 6.00. The smallest absolute Gasteiger partial charge is 0.168 e. The monoisotopic (exact) mass is 244 g/mol. The normalized spacial score (nSPS) is 10.9. The van der Waals surface area contributed by atoms with Gasteiger partial charge in [0.05, 0.1) is 10.7 Å². The van der Waals surface area contributed by atoms with E-state index in [1.54, 1.807) is 12.1 Å². The molecule has 0 aliphatic heterocycles. The van der Waals surface area contributed by atoms with E-state index in [1.807, 2.05) is 34.9 Å². The van der Waals surface area contributed by atoms with Gasteiger partial charge in [0.1, 0.15) is 0 Å². The van der Waals surface area contributed by atoms with E-state index in [1.165, 1.54) is 0 Å². The predicted octanol–water partition coefficient (Wildman–Crippen LogP) is 2.63. The fraction of sp³-hybridized carbons (Fsp3) is 0. The van der Waals surface area contributed by atoms with Crippen molar-refractivity contribution in [2.45, 2.75) is 0 Å². The highest BCUT2D eigenvalue weighted by molar-refractivity contribution is 6.33. The first-order chi connectivity index (χ1) is 8.25. The van der Waals surface area contributed by atoms with Gasteiger partial charge in [0.15, 0.2) is 11.5 Å². The number of benzene rings is 1. The third kappa shape index (κ3) is 1.62. The minimum atomic E-state index is 0.523. The van der Waals surface area contributed by atoms with Crippen LogP contribution in [0.15, 0.2) is 42.6 Å². The lowest BCUT2D eigenvalue weighted by Gasteiger charge is -2.02. The van der Waals surface area contributed by atoms with Crippen LogP contribution in [0.2, 0.25) is 5.02 Å². The summed E-state index contributed by atoms with van der Waals surface area (Å²) in [5.41, 5.74) is 7.93. The molecule has 17 heavy (non-hydrogen) atoms. The number of halogens is 1. The standard InChI is InChI=1S/C12H9ClN4/c13-9-7-8(4-5-10(9)14)12-16-15-11-3-1-2-6-17(11)12/h1-7H,14H2. The Morgan fingerprint density at radius 2 is 2.00 bits per heavy atom. The molecule has 0 saturated carbocycles. The minimum Gasteiger partial charge on any atom is -0.398 e. The number of nitrogen functional groups attached to an aromatic ring is 1. The molecule has 0 unspecified atom stereocenters. The van der Waals surface area contributed by atoms with E-state index in [0.717, 1.165) is 17.0 Å². The number of rotatable bonds is 1. The van der Waals surface area contributed by atoms with Crippen LogP contribution in [0.5, 0.6) is 0 Å². The molecular formula is C12H9ClN4. The van der Waals surface area contributed by atoms with Crippen LogP contribution in [-0.2, 0) is 0 Å². The van der Waals surface area contributed by atoms with Crippen molar-refractivity contribution < 1.29 is 0 Å². The Balaban J connectivity index is 2.24. The van der Waals surface area contributed by atoms with Crippen LogP contribution in [0.3, 0.4) is 0 Å². The van der Waals surface area contributed by atoms with Crippen LogP contribution in [0.1, 0.15) is 0 Å². The zero-order chi connectivity index (χ0) is 11.8. The van der Waals surface area contributed by atoms with Crippen molar-refractivity contribution in [2.75, 3.05) is 5.73 Å². The maximum atomic E-state index is 6.00. The summed E-state index contributed by atoms with van der Waals surface area (Å²) >= 11 is 6.00. The van der Waals surface area contributed by atoms with Crippen LogP contribution in [0.25, 0.3) is 17.0 Å². The van der Waals surface area contributed by atoms with Crippen LogP contribution >= 0.6 is 11.6 Å². The van der Waals surface area contributed by atoms with Crippen LogP contribution in [0.4, 0.5) is 5.69 Å². The SMILES string of the molecule is Nc1ccc(-c2nnc3ccccn23)cc1Cl. The van der Waals surface area contributed by atoms with Gasteiger partial charge < -0.3 is 5.73 Å². The van der Waals surface area contributed by atoms with Gasteiger partial charge in [0.25, 0.3) is 0 Å². The number of anilines is 1. The predicted molar refractivity (Wildman–Crippen MR) is 67.8 cm³/mol. The molecular weight excluding hydrogens is 236 g/mol. The van der Waals surface area contributed by atoms with E-state index < -0.39 is 0 Å². The lowest BCUT2D eigenvalue weighted by molar-refractivity contribution is 1.11. The van der Waals surface area contributed by atoms with Gasteiger partial charge in [-0.15, -0.1) is 10.2 Å². The van der Waals surface area contributed by atoms with Crippen LogP contribution in [-0.4, -0.2) is 14.6 Å². The highest BCUT2D eigenvalue weighted by atomic mass is 35.5. The average molecular weight is 245 g/mol. The molecule has 0 spiro atoms. The maximum Gasteiger partial charge on any atom is 0.168 e. The molecule has 0 bridgehead atoms. The molecule has 4 nitrogen and oxygen atoms in total. The molecule has 0 radical (unpaired) electrons. The molecule has 0 fully saturated rings. The molecule has 5 heteroatoms. The Morgan fingerprint density at radius 3 is 2.82 bits per heavy atom. The quantitative estimate of drug-likeness (QED) is 0.670. The number of hydrogen-bond acceptors (Lipinski definition) is 3. The number of nitrogens with two attached hydrogens (primary N) is 1. The summed E-state index contributed by atoms with van der Waals surface area (Å²) in [5, 5.41) is 8.76. The highest BCUT2D eigenvalue weighted by Gasteiger charge is 2.08. The molecule has 2 N–H and O–H groups in total. The number of hydrogen-bond donors (Lipinski definition) is 1. The zero-order valence-corrected chi connectivity index (χ0v) is 9.59. The molecule has 2 aromatic heterocycles. The van der Waals surface area contributed by atoms with Crippen molar-refractivity contribution >= 4 is 22.9 Å². The summed E-state index contributed by atoms with van der Waals surface area (Å²) in [7, 11) is 0. The fourth-order valence-electron chi connectivity index (χ4n) is 1.70. The Labute approximate surface area is 103 Å². The second-order valence-corrected chi connectivity index (χ2v) is 4.10. The molecule has 0 saturated heterocycles. The van der Waals surface area contributed by atoms with E-state index >= 15 is 0 Å².